The maximum Gasteiger partial charge on any atom is 0.0573 e. The van der Waals surface area contributed by atoms with Crippen LogP contribution in [-0.4, -0.2) is 6.54 Å². The van der Waals surface area contributed by atoms with Crippen molar-refractivity contribution in [3.05, 3.63) is 23.4 Å². The van der Waals surface area contributed by atoms with Crippen LogP contribution in [0.4, 0.5) is 0 Å². The smallest absolute Gasteiger partial charge is 0.0573 e. The minimum atomic E-state index is 0.684. The molecule has 0 fully saturated rings. The maximum absolute atomic E-state index is 5.69. The fourth-order valence-corrected chi connectivity index (χ4v) is 0.610. The van der Waals surface area contributed by atoms with Crippen molar-refractivity contribution in [2.24, 2.45) is 0 Å². The Kier molecular flexibility index (Phi) is 6.33. The predicted molar refractivity (Wildman–Crippen MR) is 45.6 cm³/mol. The second kappa shape index (κ2) is 6.65. The van der Waals surface area contributed by atoms with E-state index in [1.54, 1.807) is 6.20 Å². The van der Waals surface area contributed by atoms with Gasteiger partial charge in [0.1, 0.15) is 0 Å². The van der Waals surface area contributed by atoms with Crippen LogP contribution in [0, 0.1) is 0 Å². The first-order valence-electron chi connectivity index (χ1n) is 3.28. The zero-order valence-corrected chi connectivity index (χ0v) is 7.07. The van der Waals surface area contributed by atoms with Crippen molar-refractivity contribution < 1.29 is 0 Å². The molecule has 0 atom stereocenters. The second-order valence-electron chi connectivity index (χ2n) is 1.70. The van der Waals surface area contributed by atoms with Gasteiger partial charge in [-0.3, -0.25) is 0 Å². The largest absolute Gasteiger partial charge is 0.327 e. The van der Waals surface area contributed by atoms with Gasteiger partial charge in [-0.05, 0) is 13.0 Å². The summed E-state index contributed by atoms with van der Waals surface area (Å²) in [5, 5.41) is 0.684. The Morgan fingerprint density at radius 2 is 2.30 bits per heavy atom. The van der Waals surface area contributed by atoms with E-state index in [1.165, 1.54) is 0 Å². The maximum atomic E-state index is 5.69. The molecule has 58 valence electrons. The second-order valence-corrected chi connectivity index (χ2v) is 2.14. The molecule has 0 saturated carbocycles. The SMILES string of the molecule is C/C=C\C(Cl)=C\NNCC. The van der Waals surface area contributed by atoms with E-state index < -0.39 is 0 Å². The number of halogens is 1. The fraction of sp³-hybridized carbons (Fsp3) is 0.429. The molecule has 0 radical (unpaired) electrons. The molecule has 0 spiro atoms. The number of hydrogen-bond acceptors (Lipinski definition) is 2. The Labute approximate surface area is 66.9 Å². The Morgan fingerprint density at radius 3 is 2.80 bits per heavy atom. The molecule has 0 aromatic carbocycles. The van der Waals surface area contributed by atoms with Gasteiger partial charge in [-0.2, -0.15) is 0 Å². The lowest BCUT2D eigenvalue weighted by Gasteiger charge is -1.97. The molecule has 0 rings (SSSR count). The molecule has 0 aliphatic rings. The molecule has 0 aromatic rings. The summed E-state index contributed by atoms with van der Waals surface area (Å²) in [5.41, 5.74) is 5.72. The minimum absolute atomic E-state index is 0.684. The Hall–Kier alpha value is -0.470. The van der Waals surface area contributed by atoms with E-state index in [9.17, 15) is 0 Å². The van der Waals surface area contributed by atoms with E-state index in [4.69, 9.17) is 11.6 Å². The third-order valence-electron chi connectivity index (χ3n) is 0.815. The molecule has 0 heterocycles. The van der Waals surface area contributed by atoms with Crippen LogP contribution in [-0.2, 0) is 0 Å². The van der Waals surface area contributed by atoms with Crippen molar-refractivity contribution in [2.75, 3.05) is 6.54 Å². The minimum Gasteiger partial charge on any atom is -0.327 e. The average molecular weight is 161 g/mol. The molecule has 0 saturated heterocycles. The number of hydrogen-bond donors (Lipinski definition) is 2. The predicted octanol–water partition coefficient (Wildman–Crippen LogP) is 1.76. The lowest BCUT2D eigenvalue weighted by molar-refractivity contribution is 0.655. The van der Waals surface area contributed by atoms with Gasteiger partial charge in [-0.25, -0.2) is 5.43 Å². The van der Waals surface area contributed by atoms with Gasteiger partial charge in [0.15, 0.2) is 0 Å². The average Bonchev–Trinajstić information content (AvgIpc) is 1.89. The van der Waals surface area contributed by atoms with E-state index in [0.29, 0.717) is 5.03 Å². The summed E-state index contributed by atoms with van der Waals surface area (Å²) < 4.78 is 0. The molecule has 0 aliphatic heterocycles. The first kappa shape index (κ1) is 9.53. The molecule has 10 heavy (non-hydrogen) atoms. The molecule has 0 aromatic heterocycles. The molecule has 2 N–H and O–H groups in total. The molecule has 0 amide bonds. The van der Waals surface area contributed by atoms with Gasteiger partial charge in [0.25, 0.3) is 0 Å². The third kappa shape index (κ3) is 5.66. The van der Waals surface area contributed by atoms with Gasteiger partial charge in [0.2, 0.25) is 0 Å². The van der Waals surface area contributed by atoms with Crippen LogP contribution in [0.1, 0.15) is 13.8 Å². The number of allylic oxidation sites excluding steroid dienone is 3. The van der Waals surface area contributed by atoms with Gasteiger partial charge in [-0.1, -0.05) is 24.6 Å². The van der Waals surface area contributed by atoms with Crippen LogP contribution >= 0.6 is 11.6 Å². The van der Waals surface area contributed by atoms with Crippen molar-refractivity contribution in [1.82, 2.24) is 10.9 Å². The van der Waals surface area contributed by atoms with Crippen LogP contribution in [0.25, 0.3) is 0 Å². The molecular formula is C7H13ClN2. The highest BCUT2D eigenvalue weighted by Gasteiger charge is 1.79. The van der Waals surface area contributed by atoms with Crippen LogP contribution in [0.15, 0.2) is 23.4 Å². The summed E-state index contributed by atoms with van der Waals surface area (Å²) in [6, 6.07) is 0. The zero-order chi connectivity index (χ0) is 7.82. The Bertz CT molecular complexity index is 130. The number of hydrazine groups is 1. The first-order valence-corrected chi connectivity index (χ1v) is 3.65. The summed E-state index contributed by atoms with van der Waals surface area (Å²) >= 11 is 5.69. The van der Waals surface area contributed by atoms with Crippen molar-refractivity contribution >= 4 is 11.6 Å². The highest BCUT2D eigenvalue weighted by atomic mass is 35.5. The standard InChI is InChI=1S/C7H13ClN2/c1-3-5-7(8)6-10-9-4-2/h3,5-6,9-10H,4H2,1-2H3/b5-3-,7-6-. The van der Waals surface area contributed by atoms with Crippen molar-refractivity contribution in [2.45, 2.75) is 13.8 Å². The summed E-state index contributed by atoms with van der Waals surface area (Å²) in [5.74, 6) is 0. The van der Waals surface area contributed by atoms with Crippen LogP contribution < -0.4 is 10.9 Å². The fourth-order valence-electron chi connectivity index (χ4n) is 0.429. The lowest BCUT2D eigenvalue weighted by Crippen LogP contribution is -2.25. The van der Waals surface area contributed by atoms with Crippen LogP contribution in [0.3, 0.4) is 0 Å². The molecule has 2 nitrogen and oxygen atoms in total. The van der Waals surface area contributed by atoms with Crippen LogP contribution in [0.2, 0.25) is 0 Å². The van der Waals surface area contributed by atoms with Crippen molar-refractivity contribution in [3.8, 4) is 0 Å². The summed E-state index contributed by atoms with van der Waals surface area (Å²) in [6.07, 6.45) is 5.39. The van der Waals surface area contributed by atoms with E-state index in [1.807, 2.05) is 26.0 Å². The number of nitrogens with one attached hydrogen (secondary N) is 2. The molecule has 0 unspecified atom stereocenters. The quantitative estimate of drug-likeness (QED) is 0.372. The number of rotatable bonds is 4. The summed E-state index contributed by atoms with van der Waals surface area (Å²) in [4.78, 5) is 0. The highest BCUT2D eigenvalue weighted by Crippen LogP contribution is 1.99. The first-order chi connectivity index (χ1) is 4.81. The zero-order valence-electron chi connectivity index (χ0n) is 6.32. The van der Waals surface area contributed by atoms with Crippen molar-refractivity contribution in [3.63, 3.8) is 0 Å². The summed E-state index contributed by atoms with van der Waals surface area (Å²) in [7, 11) is 0. The van der Waals surface area contributed by atoms with Crippen LogP contribution in [0.5, 0.6) is 0 Å². The molecular weight excluding hydrogens is 148 g/mol. The third-order valence-corrected chi connectivity index (χ3v) is 1.05. The molecule has 3 heteroatoms. The van der Waals surface area contributed by atoms with Gasteiger partial charge in [0, 0.05) is 12.7 Å². The highest BCUT2D eigenvalue weighted by molar-refractivity contribution is 6.31. The van der Waals surface area contributed by atoms with E-state index in [-0.39, 0.29) is 0 Å². The Morgan fingerprint density at radius 1 is 1.60 bits per heavy atom. The van der Waals surface area contributed by atoms with Gasteiger partial charge >= 0.3 is 0 Å². The summed E-state index contributed by atoms with van der Waals surface area (Å²) in [6.45, 7) is 4.80. The van der Waals surface area contributed by atoms with E-state index >= 15 is 0 Å². The van der Waals surface area contributed by atoms with Gasteiger partial charge < -0.3 is 5.43 Å². The Balaban J connectivity index is 3.47. The monoisotopic (exact) mass is 160 g/mol. The van der Waals surface area contributed by atoms with Gasteiger partial charge in [0.05, 0.1) is 5.03 Å². The lowest BCUT2D eigenvalue weighted by atomic mass is 10.5. The van der Waals surface area contributed by atoms with E-state index in [0.717, 1.165) is 6.54 Å². The normalized spacial score (nSPS) is 12.5. The molecule has 0 bridgehead atoms. The molecule has 0 aliphatic carbocycles. The topological polar surface area (TPSA) is 24.1 Å². The van der Waals surface area contributed by atoms with Gasteiger partial charge in [-0.15, -0.1) is 0 Å². The van der Waals surface area contributed by atoms with E-state index in [2.05, 4.69) is 10.9 Å². The van der Waals surface area contributed by atoms with Crippen molar-refractivity contribution in [1.29, 1.82) is 0 Å².